The van der Waals surface area contributed by atoms with Crippen molar-refractivity contribution in [1.82, 2.24) is 0 Å². The molecule has 2 aromatic rings. The second kappa shape index (κ2) is 7.20. The second-order valence-corrected chi connectivity index (χ2v) is 6.86. The van der Waals surface area contributed by atoms with Crippen LogP contribution in [0.5, 0.6) is 0 Å². The molecular weight excluding hydrogens is 326 g/mol. The third-order valence-corrected chi connectivity index (χ3v) is 5.09. The fourth-order valence-electron chi connectivity index (χ4n) is 3.74. The van der Waals surface area contributed by atoms with E-state index in [4.69, 9.17) is 0 Å². The third kappa shape index (κ3) is 3.29. The van der Waals surface area contributed by atoms with Gasteiger partial charge in [0.15, 0.2) is 0 Å². The molecule has 134 valence electrons. The predicted octanol–water partition coefficient (Wildman–Crippen LogP) is 3.67. The molecule has 4 rings (SSSR count). The van der Waals surface area contributed by atoms with Gasteiger partial charge >= 0.3 is 0 Å². The Labute approximate surface area is 153 Å². The summed E-state index contributed by atoms with van der Waals surface area (Å²) in [4.78, 5) is 28.8. The number of benzene rings is 2. The summed E-state index contributed by atoms with van der Waals surface area (Å²) in [7, 11) is 0. The lowest BCUT2D eigenvalue weighted by atomic mass is 10.1. The van der Waals surface area contributed by atoms with E-state index in [2.05, 4.69) is 16.3 Å². The standard InChI is InChI=1S/C21H23N3O2/c25-20-11-6-14-24(20)17-8-5-7-16(15-17)21(26)22-18-9-1-2-10-19(18)23-12-3-4-13-23/h1-2,5,7-10,15H,3-4,6,11-14H2,(H,22,26). The molecule has 0 aromatic heterocycles. The third-order valence-electron chi connectivity index (χ3n) is 5.09. The highest BCUT2D eigenvalue weighted by atomic mass is 16.2. The highest BCUT2D eigenvalue weighted by Gasteiger charge is 2.22. The first-order valence-corrected chi connectivity index (χ1v) is 9.28. The Bertz CT molecular complexity index is 828. The summed E-state index contributed by atoms with van der Waals surface area (Å²) in [6.45, 7) is 2.78. The number of carbonyl (C=O) groups is 2. The average Bonchev–Trinajstić information content (AvgIpc) is 3.34. The molecule has 2 aliphatic rings. The first kappa shape index (κ1) is 16.6. The lowest BCUT2D eigenvalue weighted by Gasteiger charge is -2.21. The summed E-state index contributed by atoms with van der Waals surface area (Å²) in [5, 5.41) is 3.05. The normalized spacial score (nSPS) is 17.0. The van der Waals surface area contributed by atoms with Crippen molar-refractivity contribution in [3.8, 4) is 0 Å². The fourth-order valence-corrected chi connectivity index (χ4v) is 3.74. The number of rotatable bonds is 4. The van der Waals surface area contributed by atoms with Gasteiger partial charge in [-0.15, -0.1) is 0 Å². The quantitative estimate of drug-likeness (QED) is 0.916. The molecule has 5 heteroatoms. The van der Waals surface area contributed by atoms with E-state index in [1.165, 1.54) is 12.8 Å². The van der Waals surface area contributed by atoms with Gasteiger partial charge in [-0.25, -0.2) is 0 Å². The Morgan fingerprint density at radius 1 is 0.923 bits per heavy atom. The maximum Gasteiger partial charge on any atom is 0.255 e. The van der Waals surface area contributed by atoms with Gasteiger partial charge in [-0.2, -0.15) is 0 Å². The number of hydrogen-bond acceptors (Lipinski definition) is 3. The van der Waals surface area contributed by atoms with Crippen LogP contribution in [0.3, 0.4) is 0 Å². The summed E-state index contributed by atoms with van der Waals surface area (Å²) in [5.41, 5.74) is 3.28. The van der Waals surface area contributed by atoms with E-state index in [0.29, 0.717) is 12.0 Å². The average molecular weight is 349 g/mol. The van der Waals surface area contributed by atoms with Crippen molar-refractivity contribution in [1.29, 1.82) is 0 Å². The Kier molecular flexibility index (Phi) is 4.61. The van der Waals surface area contributed by atoms with Gasteiger partial charge in [0.2, 0.25) is 5.91 Å². The Balaban J connectivity index is 1.55. The Hall–Kier alpha value is -2.82. The maximum atomic E-state index is 12.8. The smallest absolute Gasteiger partial charge is 0.255 e. The SMILES string of the molecule is O=C(Nc1ccccc1N1CCCC1)c1cccc(N2CCCC2=O)c1. The highest BCUT2D eigenvalue weighted by Crippen LogP contribution is 2.29. The second-order valence-electron chi connectivity index (χ2n) is 6.86. The van der Waals surface area contributed by atoms with E-state index in [9.17, 15) is 9.59 Å². The molecule has 0 saturated carbocycles. The maximum absolute atomic E-state index is 12.8. The van der Waals surface area contributed by atoms with Crippen LogP contribution in [0.4, 0.5) is 17.1 Å². The van der Waals surface area contributed by atoms with Crippen LogP contribution in [0.1, 0.15) is 36.0 Å². The summed E-state index contributed by atoms with van der Waals surface area (Å²) < 4.78 is 0. The van der Waals surface area contributed by atoms with Crippen molar-refractivity contribution in [3.05, 3.63) is 54.1 Å². The first-order chi connectivity index (χ1) is 12.7. The molecule has 0 atom stereocenters. The topological polar surface area (TPSA) is 52.7 Å². The lowest BCUT2D eigenvalue weighted by molar-refractivity contribution is -0.117. The molecule has 0 bridgehead atoms. The molecular formula is C21H23N3O2. The summed E-state index contributed by atoms with van der Waals surface area (Å²) in [6, 6.07) is 15.3. The number of nitrogens with one attached hydrogen (secondary N) is 1. The number of nitrogens with zero attached hydrogens (tertiary/aromatic N) is 2. The Morgan fingerprint density at radius 2 is 1.73 bits per heavy atom. The minimum absolute atomic E-state index is 0.127. The largest absolute Gasteiger partial charge is 0.370 e. The summed E-state index contributed by atoms with van der Waals surface area (Å²) in [6.07, 6.45) is 3.83. The van der Waals surface area contributed by atoms with Crippen LogP contribution in [0, 0.1) is 0 Å². The predicted molar refractivity (Wildman–Crippen MR) is 104 cm³/mol. The molecule has 0 spiro atoms. The van der Waals surface area contributed by atoms with Crippen LogP contribution >= 0.6 is 0 Å². The van der Waals surface area contributed by atoms with Crippen LogP contribution < -0.4 is 15.1 Å². The van der Waals surface area contributed by atoms with Gasteiger partial charge < -0.3 is 15.1 Å². The fraction of sp³-hybridized carbons (Fsp3) is 0.333. The van der Waals surface area contributed by atoms with Crippen molar-refractivity contribution in [3.63, 3.8) is 0 Å². The van der Waals surface area contributed by atoms with Crippen LogP contribution in [0.25, 0.3) is 0 Å². The molecule has 2 aromatic carbocycles. The van der Waals surface area contributed by atoms with E-state index in [1.54, 1.807) is 17.0 Å². The molecule has 2 heterocycles. The highest BCUT2D eigenvalue weighted by molar-refractivity contribution is 6.07. The van der Waals surface area contributed by atoms with Gasteiger partial charge in [-0.05, 0) is 49.6 Å². The van der Waals surface area contributed by atoms with Crippen LogP contribution in [0.2, 0.25) is 0 Å². The molecule has 26 heavy (non-hydrogen) atoms. The lowest BCUT2D eigenvalue weighted by Crippen LogP contribution is -2.24. The molecule has 0 radical (unpaired) electrons. The van der Waals surface area contributed by atoms with E-state index in [-0.39, 0.29) is 11.8 Å². The molecule has 0 unspecified atom stereocenters. The van der Waals surface area contributed by atoms with E-state index < -0.39 is 0 Å². The zero-order valence-corrected chi connectivity index (χ0v) is 14.8. The van der Waals surface area contributed by atoms with Crippen molar-refractivity contribution in [2.75, 3.05) is 34.8 Å². The zero-order chi connectivity index (χ0) is 17.9. The van der Waals surface area contributed by atoms with Crippen molar-refractivity contribution in [2.24, 2.45) is 0 Å². The molecule has 2 fully saturated rings. The number of carbonyl (C=O) groups excluding carboxylic acids is 2. The monoisotopic (exact) mass is 349 g/mol. The molecule has 1 N–H and O–H groups in total. The van der Waals surface area contributed by atoms with Gasteiger partial charge in [0.05, 0.1) is 11.4 Å². The van der Waals surface area contributed by atoms with Crippen molar-refractivity contribution >= 4 is 28.9 Å². The number of hydrogen-bond donors (Lipinski definition) is 1. The first-order valence-electron chi connectivity index (χ1n) is 9.28. The van der Waals surface area contributed by atoms with Crippen LogP contribution in [-0.2, 0) is 4.79 Å². The summed E-state index contributed by atoms with van der Waals surface area (Å²) in [5.74, 6) is -0.0212. The van der Waals surface area contributed by atoms with Gasteiger partial charge in [0, 0.05) is 37.3 Å². The zero-order valence-electron chi connectivity index (χ0n) is 14.8. The summed E-state index contributed by atoms with van der Waals surface area (Å²) >= 11 is 0. The minimum atomic E-state index is -0.148. The molecule has 0 aliphatic carbocycles. The number of amides is 2. The minimum Gasteiger partial charge on any atom is -0.370 e. The van der Waals surface area contributed by atoms with Crippen molar-refractivity contribution < 1.29 is 9.59 Å². The molecule has 2 amide bonds. The van der Waals surface area contributed by atoms with E-state index in [1.807, 2.05) is 30.3 Å². The molecule has 5 nitrogen and oxygen atoms in total. The molecule has 2 saturated heterocycles. The number of anilines is 3. The van der Waals surface area contributed by atoms with Gasteiger partial charge in [0.1, 0.15) is 0 Å². The van der Waals surface area contributed by atoms with Crippen LogP contribution in [0.15, 0.2) is 48.5 Å². The number of para-hydroxylation sites is 2. The van der Waals surface area contributed by atoms with Crippen LogP contribution in [-0.4, -0.2) is 31.4 Å². The van der Waals surface area contributed by atoms with Gasteiger partial charge in [-0.3, -0.25) is 9.59 Å². The Morgan fingerprint density at radius 3 is 2.50 bits per heavy atom. The van der Waals surface area contributed by atoms with E-state index in [0.717, 1.165) is 43.1 Å². The van der Waals surface area contributed by atoms with E-state index >= 15 is 0 Å². The van der Waals surface area contributed by atoms with Gasteiger partial charge in [0.25, 0.3) is 5.91 Å². The molecule has 2 aliphatic heterocycles. The van der Waals surface area contributed by atoms with Crippen molar-refractivity contribution in [2.45, 2.75) is 25.7 Å². The van der Waals surface area contributed by atoms with Gasteiger partial charge in [-0.1, -0.05) is 18.2 Å².